The van der Waals surface area contributed by atoms with Crippen molar-refractivity contribution < 1.29 is 14.6 Å². The molecule has 2 rings (SSSR count). The number of hydrogen-bond acceptors (Lipinski definition) is 4. The normalized spacial score (nSPS) is 23.8. The lowest BCUT2D eigenvalue weighted by atomic mass is 10.2. The molecule has 0 unspecified atom stereocenters. The maximum absolute atomic E-state index is 10.9. The molecular formula is C10H12BrN3O3. The predicted octanol–water partition coefficient (Wildman–Crippen LogP) is 1.76. The van der Waals surface area contributed by atoms with Crippen LogP contribution in [-0.2, 0) is 0 Å². The van der Waals surface area contributed by atoms with E-state index in [0.717, 1.165) is 0 Å². The minimum absolute atomic E-state index is 0.0269. The van der Waals surface area contributed by atoms with E-state index in [1.54, 1.807) is 6.20 Å². The summed E-state index contributed by atoms with van der Waals surface area (Å²) in [6, 6.07) is -0.0269. The van der Waals surface area contributed by atoms with Gasteiger partial charge in [0.1, 0.15) is 10.7 Å². The SMILES string of the molecule is C[C@H]1C[C@@H](Oc2cnc(Br)cn2)CN1C(=O)O. The summed E-state index contributed by atoms with van der Waals surface area (Å²) < 4.78 is 6.22. The number of rotatable bonds is 2. The minimum atomic E-state index is -0.912. The molecule has 1 aliphatic heterocycles. The summed E-state index contributed by atoms with van der Waals surface area (Å²) in [6.07, 6.45) is 2.66. The van der Waals surface area contributed by atoms with Gasteiger partial charge in [-0.25, -0.2) is 14.8 Å². The number of hydrogen-bond donors (Lipinski definition) is 1. The average molecular weight is 302 g/mol. The van der Waals surface area contributed by atoms with Crippen LogP contribution in [0.25, 0.3) is 0 Å². The smallest absolute Gasteiger partial charge is 0.407 e. The van der Waals surface area contributed by atoms with Gasteiger partial charge in [-0.05, 0) is 22.9 Å². The van der Waals surface area contributed by atoms with E-state index < -0.39 is 6.09 Å². The standard InChI is InChI=1S/C10H12BrN3O3/c1-6-2-7(5-14(6)10(15)16)17-9-4-12-8(11)3-13-9/h3-4,6-7H,2,5H2,1H3,(H,15,16)/t6-,7+/m0/s1. The zero-order chi connectivity index (χ0) is 12.4. The monoisotopic (exact) mass is 301 g/mol. The van der Waals surface area contributed by atoms with Gasteiger partial charge in [0.05, 0.1) is 18.9 Å². The minimum Gasteiger partial charge on any atom is -0.471 e. The molecule has 0 saturated carbocycles. The largest absolute Gasteiger partial charge is 0.471 e. The second kappa shape index (κ2) is 4.87. The third-order valence-corrected chi connectivity index (χ3v) is 3.08. The first-order valence-electron chi connectivity index (χ1n) is 5.20. The van der Waals surface area contributed by atoms with E-state index in [2.05, 4.69) is 25.9 Å². The first-order chi connectivity index (χ1) is 8.06. The van der Waals surface area contributed by atoms with Gasteiger partial charge in [0.25, 0.3) is 0 Å². The number of carboxylic acid groups (broad SMARTS) is 1. The second-order valence-corrected chi connectivity index (χ2v) is 4.75. The molecule has 0 aromatic carbocycles. The van der Waals surface area contributed by atoms with Gasteiger partial charge < -0.3 is 14.7 Å². The van der Waals surface area contributed by atoms with E-state index in [1.165, 1.54) is 11.1 Å². The lowest BCUT2D eigenvalue weighted by Crippen LogP contribution is -2.33. The summed E-state index contributed by atoms with van der Waals surface area (Å²) >= 11 is 3.18. The number of halogens is 1. The zero-order valence-electron chi connectivity index (χ0n) is 9.21. The quantitative estimate of drug-likeness (QED) is 0.901. The first-order valence-corrected chi connectivity index (χ1v) is 5.99. The Bertz CT molecular complexity index is 412. The highest BCUT2D eigenvalue weighted by Crippen LogP contribution is 2.21. The molecule has 0 aliphatic carbocycles. The van der Waals surface area contributed by atoms with E-state index in [0.29, 0.717) is 23.4 Å². The van der Waals surface area contributed by atoms with Crippen LogP contribution in [0.15, 0.2) is 17.0 Å². The molecule has 6 nitrogen and oxygen atoms in total. The van der Waals surface area contributed by atoms with Gasteiger partial charge in [-0.15, -0.1) is 0 Å². The summed E-state index contributed by atoms with van der Waals surface area (Å²) in [5, 5.41) is 8.94. The highest BCUT2D eigenvalue weighted by atomic mass is 79.9. The fourth-order valence-corrected chi connectivity index (χ4v) is 2.07. The maximum Gasteiger partial charge on any atom is 0.407 e. The maximum atomic E-state index is 10.9. The van der Waals surface area contributed by atoms with Crippen molar-refractivity contribution in [2.45, 2.75) is 25.5 Å². The Hall–Kier alpha value is -1.37. The Morgan fingerprint density at radius 1 is 1.59 bits per heavy atom. The molecule has 0 spiro atoms. The van der Waals surface area contributed by atoms with Gasteiger partial charge in [-0.1, -0.05) is 0 Å². The molecule has 1 N–H and O–H groups in total. The van der Waals surface area contributed by atoms with Gasteiger partial charge in [0.15, 0.2) is 0 Å². The molecule has 0 bridgehead atoms. The van der Waals surface area contributed by atoms with Crippen molar-refractivity contribution >= 4 is 22.0 Å². The lowest BCUT2D eigenvalue weighted by Gasteiger charge is -2.16. The van der Waals surface area contributed by atoms with E-state index >= 15 is 0 Å². The van der Waals surface area contributed by atoms with Crippen molar-refractivity contribution in [2.75, 3.05) is 6.54 Å². The average Bonchev–Trinajstić information content (AvgIpc) is 2.63. The van der Waals surface area contributed by atoms with Crippen molar-refractivity contribution in [3.63, 3.8) is 0 Å². The van der Waals surface area contributed by atoms with Gasteiger partial charge >= 0.3 is 6.09 Å². The van der Waals surface area contributed by atoms with E-state index in [-0.39, 0.29) is 12.1 Å². The summed E-state index contributed by atoms with van der Waals surface area (Å²) in [6.45, 7) is 2.24. The molecular weight excluding hydrogens is 290 g/mol. The summed E-state index contributed by atoms with van der Waals surface area (Å²) in [5.74, 6) is 0.414. The third kappa shape index (κ3) is 2.85. The molecule has 1 aromatic rings. The molecule has 17 heavy (non-hydrogen) atoms. The highest BCUT2D eigenvalue weighted by Gasteiger charge is 2.33. The van der Waals surface area contributed by atoms with Gasteiger partial charge in [-0.3, -0.25) is 0 Å². The number of aromatic nitrogens is 2. The Kier molecular flexibility index (Phi) is 3.46. The molecule has 0 radical (unpaired) electrons. The van der Waals surface area contributed by atoms with Crippen LogP contribution >= 0.6 is 15.9 Å². The van der Waals surface area contributed by atoms with E-state index in [9.17, 15) is 4.79 Å². The third-order valence-electron chi connectivity index (χ3n) is 2.67. The Morgan fingerprint density at radius 3 is 2.88 bits per heavy atom. The lowest BCUT2D eigenvalue weighted by molar-refractivity contribution is 0.136. The Morgan fingerprint density at radius 2 is 2.35 bits per heavy atom. The topological polar surface area (TPSA) is 75.6 Å². The van der Waals surface area contributed by atoms with Crippen molar-refractivity contribution in [3.8, 4) is 5.88 Å². The molecule has 1 aliphatic rings. The van der Waals surface area contributed by atoms with Crippen LogP contribution in [-0.4, -0.2) is 44.8 Å². The van der Waals surface area contributed by atoms with Crippen molar-refractivity contribution in [1.82, 2.24) is 14.9 Å². The van der Waals surface area contributed by atoms with Crippen LogP contribution < -0.4 is 4.74 Å². The van der Waals surface area contributed by atoms with Crippen LogP contribution in [0.4, 0.5) is 4.79 Å². The van der Waals surface area contributed by atoms with Gasteiger partial charge in [0.2, 0.25) is 5.88 Å². The van der Waals surface area contributed by atoms with E-state index in [4.69, 9.17) is 9.84 Å². The molecule has 92 valence electrons. The number of likely N-dealkylation sites (tertiary alicyclic amines) is 1. The van der Waals surface area contributed by atoms with Crippen molar-refractivity contribution in [1.29, 1.82) is 0 Å². The first kappa shape index (κ1) is 12.1. The van der Waals surface area contributed by atoms with Crippen LogP contribution in [0.2, 0.25) is 0 Å². The fraction of sp³-hybridized carbons (Fsp3) is 0.500. The highest BCUT2D eigenvalue weighted by molar-refractivity contribution is 9.10. The van der Waals surface area contributed by atoms with Gasteiger partial charge in [0, 0.05) is 12.5 Å². The van der Waals surface area contributed by atoms with E-state index in [1.807, 2.05) is 6.92 Å². The molecule has 7 heteroatoms. The summed E-state index contributed by atoms with van der Waals surface area (Å²) in [4.78, 5) is 20.3. The van der Waals surface area contributed by atoms with Crippen molar-refractivity contribution in [2.24, 2.45) is 0 Å². The second-order valence-electron chi connectivity index (χ2n) is 3.94. The zero-order valence-corrected chi connectivity index (χ0v) is 10.8. The molecule has 1 saturated heterocycles. The van der Waals surface area contributed by atoms with Crippen LogP contribution in [0, 0.1) is 0 Å². The fourth-order valence-electron chi connectivity index (χ4n) is 1.87. The van der Waals surface area contributed by atoms with Crippen LogP contribution in [0.1, 0.15) is 13.3 Å². The Labute approximate surface area is 107 Å². The number of amides is 1. The number of nitrogens with zero attached hydrogens (tertiary/aromatic N) is 3. The summed E-state index contributed by atoms with van der Waals surface area (Å²) in [5.41, 5.74) is 0. The predicted molar refractivity (Wildman–Crippen MR) is 63.0 cm³/mol. The number of ether oxygens (including phenoxy) is 1. The Balaban J connectivity index is 1.97. The molecule has 1 fully saturated rings. The number of carbonyl (C=O) groups is 1. The molecule has 1 amide bonds. The van der Waals surface area contributed by atoms with Crippen LogP contribution in [0.5, 0.6) is 5.88 Å². The van der Waals surface area contributed by atoms with Crippen LogP contribution in [0.3, 0.4) is 0 Å². The molecule has 1 aromatic heterocycles. The summed E-state index contributed by atoms with van der Waals surface area (Å²) in [7, 11) is 0. The van der Waals surface area contributed by atoms with Gasteiger partial charge in [-0.2, -0.15) is 0 Å². The molecule has 2 atom stereocenters. The molecule has 2 heterocycles. The van der Waals surface area contributed by atoms with Crippen molar-refractivity contribution in [3.05, 3.63) is 17.0 Å².